The highest BCUT2D eigenvalue weighted by Crippen LogP contribution is 2.17. The number of likely N-dealkylation sites (N-methyl/N-ethyl adjacent to an activating group) is 1. The molecule has 0 radical (unpaired) electrons. The lowest BCUT2D eigenvalue weighted by molar-refractivity contribution is -0.125. The summed E-state index contributed by atoms with van der Waals surface area (Å²) >= 11 is 1.65. The maximum atomic E-state index is 12.2. The molecule has 126 valence electrons. The van der Waals surface area contributed by atoms with Gasteiger partial charge in [-0.25, -0.2) is 0 Å². The number of ether oxygens (including phenoxy) is 1. The molecule has 0 aliphatic heterocycles. The molecule has 0 unspecified atom stereocenters. The topological polar surface area (TPSA) is 72.6 Å². The van der Waals surface area contributed by atoms with Crippen molar-refractivity contribution in [1.82, 2.24) is 4.90 Å². The zero-order chi connectivity index (χ0) is 17.5. The normalized spacial score (nSPS) is 10.8. The molecule has 2 amide bonds. The monoisotopic (exact) mass is 344 g/mol. The number of carbonyl (C=O) groups is 2. The number of amides is 2. The molecule has 0 fully saturated rings. The van der Waals surface area contributed by atoms with E-state index in [0.29, 0.717) is 12.3 Å². The summed E-state index contributed by atoms with van der Waals surface area (Å²) in [5, 5.41) is 2.03. The maximum absolute atomic E-state index is 12.2. The minimum atomic E-state index is -0.520. The number of hydrogen-bond acceptors (Lipinski definition) is 4. The molecule has 24 heavy (non-hydrogen) atoms. The molecule has 1 heterocycles. The highest BCUT2D eigenvalue weighted by molar-refractivity contribution is 7.10. The summed E-state index contributed by atoms with van der Waals surface area (Å²) in [5.74, 6) is -0.0204. The number of nitrogens with two attached hydrogens (primary N) is 1. The molecule has 2 aromatic rings. The van der Waals surface area contributed by atoms with Crippen LogP contribution in [0.4, 0.5) is 0 Å². The van der Waals surface area contributed by atoms with Crippen molar-refractivity contribution in [2.24, 2.45) is 5.73 Å². The summed E-state index contributed by atoms with van der Waals surface area (Å²) in [6.07, 6.45) is 3.29. The Morgan fingerprint density at radius 3 is 2.54 bits per heavy atom. The Morgan fingerprint density at radius 1 is 1.25 bits per heavy atom. The van der Waals surface area contributed by atoms with Gasteiger partial charge in [0.1, 0.15) is 5.75 Å². The zero-order valence-corrected chi connectivity index (χ0v) is 14.5. The van der Waals surface area contributed by atoms with Crippen LogP contribution in [-0.4, -0.2) is 30.4 Å². The quantitative estimate of drug-likeness (QED) is 0.785. The molecule has 0 saturated heterocycles. The first-order chi connectivity index (χ1) is 11.5. The third-order valence-electron chi connectivity index (χ3n) is 3.40. The van der Waals surface area contributed by atoms with Crippen molar-refractivity contribution >= 4 is 29.2 Å². The summed E-state index contributed by atoms with van der Waals surface area (Å²) in [6, 6.07) is 9.13. The number of hydrogen-bond donors (Lipinski definition) is 1. The highest BCUT2D eigenvalue weighted by atomic mass is 32.1. The minimum Gasteiger partial charge on any atom is -0.484 e. The molecule has 6 heteroatoms. The second kappa shape index (κ2) is 8.31. The fourth-order valence-corrected chi connectivity index (χ4v) is 2.94. The molecule has 0 aliphatic rings. The van der Waals surface area contributed by atoms with Gasteiger partial charge >= 0.3 is 0 Å². The maximum Gasteiger partial charge on any atom is 0.255 e. The van der Waals surface area contributed by atoms with Crippen molar-refractivity contribution in [3.8, 4) is 5.75 Å². The first-order valence-electron chi connectivity index (χ1n) is 7.43. The molecule has 0 aliphatic carbocycles. The van der Waals surface area contributed by atoms with Crippen LogP contribution >= 0.6 is 11.3 Å². The standard InChI is InChI=1S/C18H20N2O3S/c1-13-9-10-24-16(13)11-20(2)18(22)8-5-14-3-6-15(7-4-14)23-12-17(19)21/h3-10H,11-12H2,1-2H3,(H2,19,21)/b8-5-. The van der Waals surface area contributed by atoms with Gasteiger partial charge in [0.2, 0.25) is 5.91 Å². The van der Waals surface area contributed by atoms with E-state index in [4.69, 9.17) is 10.5 Å². The smallest absolute Gasteiger partial charge is 0.255 e. The molecule has 0 atom stereocenters. The highest BCUT2D eigenvalue weighted by Gasteiger charge is 2.08. The van der Waals surface area contributed by atoms with Gasteiger partial charge in [0.25, 0.3) is 5.91 Å². The Labute approximate surface area is 145 Å². The van der Waals surface area contributed by atoms with Crippen LogP contribution in [0.1, 0.15) is 16.0 Å². The number of primary amides is 1. The Bertz CT molecular complexity index is 735. The molecule has 1 aromatic carbocycles. The van der Waals surface area contributed by atoms with Gasteiger partial charge in [-0.2, -0.15) is 0 Å². The van der Waals surface area contributed by atoms with E-state index in [-0.39, 0.29) is 12.5 Å². The Morgan fingerprint density at radius 2 is 1.96 bits per heavy atom. The first-order valence-corrected chi connectivity index (χ1v) is 8.31. The van der Waals surface area contributed by atoms with Crippen molar-refractivity contribution in [2.45, 2.75) is 13.5 Å². The van der Waals surface area contributed by atoms with Crippen molar-refractivity contribution in [2.75, 3.05) is 13.7 Å². The van der Waals surface area contributed by atoms with Gasteiger partial charge in [-0.1, -0.05) is 12.1 Å². The van der Waals surface area contributed by atoms with Crippen LogP contribution in [0.15, 0.2) is 41.8 Å². The van der Waals surface area contributed by atoms with Crippen molar-refractivity contribution in [3.63, 3.8) is 0 Å². The van der Waals surface area contributed by atoms with Gasteiger partial charge in [-0.15, -0.1) is 11.3 Å². The lowest BCUT2D eigenvalue weighted by Gasteiger charge is -2.14. The van der Waals surface area contributed by atoms with E-state index < -0.39 is 5.91 Å². The van der Waals surface area contributed by atoms with E-state index in [2.05, 4.69) is 6.07 Å². The largest absolute Gasteiger partial charge is 0.484 e. The second-order valence-corrected chi connectivity index (χ2v) is 6.38. The van der Waals surface area contributed by atoms with Crippen molar-refractivity contribution < 1.29 is 14.3 Å². The number of rotatable bonds is 7. The third-order valence-corrected chi connectivity index (χ3v) is 4.41. The number of thiophene rings is 1. The minimum absolute atomic E-state index is 0.0585. The fraction of sp³-hybridized carbons (Fsp3) is 0.222. The molecular formula is C18H20N2O3S. The van der Waals surface area contributed by atoms with E-state index in [1.807, 2.05) is 24.4 Å². The SMILES string of the molecule is Cc1ccsc1CN(C)C(=O)/C=C\c1ccc(OCC(N)=O)cc1. The predicted octanol–water partition coefficient (Wildman–Crippen LogP) is 2.59. The average Bonchev–Trinajstić information content (AvgIpc) is 2.96. The van der Waals surface area contributed by atoms with Gasteiger partial charge in [-0.05, 0) is 47.7 Å². The first kappa shape index (κ1) is 17.7. The molecule has 2 N–H and O–H groups in total. The van der Waals surface area contributed by atoms with Crippen LogP contribution in [0.3, 0.4) is 0 Å². The third kappa shape index (κ3) is 5.24. The van der Waals surface area contributed by atoms with Crippen molar-refractivity contribution in [3.05, 3.63) is 57.8 Å². The molecule has 1 aromatic heterocycles. The summed E-state index contributed by atoms with van der Waals surface area (Å²) in [6.45, 7) is 2.50. The molecule has 0 spiro atoms. The number of nitrogens with zero attached hydrogens (tertiary/aromatic N) is 1. The second-order valence-electron chi connectivity index (χ2n) is 5.38. The van der Waals surface area contributed by atoms with Crippen molar-refractivity contribution in [1.29, 1.82) is 0 Å². The van der Waals surface area contributed by atoms with Gasteiger partial charge in [0.15, 0.2) is 6.61 Å². The summed E-state index contributed by atoms with van der Waals surface area (Å²) in [4.78, 5) is 25.7. The zero-order valence-electron chi connectivity index (χ0n) is 13.7. The van der Waals surface area contributed by atoms with Gasteiger partial charge < -0.3 is 15.4 Å². The van der Waals surface area contributed by atoms with Crippen LogP contribution in [0.2, 0.25) is 0 Å². The molecule has 0 saturated carbocycles. The van der Waals surface area contributed by atoms with Crippen LogP contribution in [-0.2, 0) is 16.1 Å². The summed E-state index contributed by atoms with van der Waals surface area (Å²) in [5.41, 5.74) is 7.10. The molecule has 5 nitrogen and oxygen atoms in total. The fourth-order valence-electron chi connectivity index (χ4n) is 1.98. The number of benzene rings is 1. The summed E-state index contributed by atoms with van der Waals surface area (Å²) < 4.78 is 5.18. The van der Waals surface area contributed by atoms with E-state index in [1.165, 1.54) is 10.4 Å². The average molecular weight is 344 g/mol. The van der Waals surface area contributed by atoms with Gasteiger partial charge in [0, 0.05) is 18.0 Å². The number of carbonyl (C=O) groups excluding carboxylic acids is 2. The Hall–Kier alpha value is -2.60. The van der Waals surface area contributed by atoms with E-state index in [0.717, 1.165) is 5.56 Å². The Kier molecular flexibility index (Phi) is 6.14. The Balaban J connectivity index is 1.90. The van der Waals surface area contributed by atoms with Gasteiger partial charge in [-0.3, -0.25) is 9.59 Å². The van der Waals surface area contributed by atoms with Crippen LogP contribution < -0.4 is 10.5 Å². The van der Waals surface area contributed by atoms with Crippen LogP contribution in [0, 0.1) is 6.92 Å². The molecular weight excluding hydrogens is 324 g/mol. The van der Waals surface area contributed by atoms with E-state index in [9.17, 15) is 9.59 Å². The van der Waals surface area contributed by atoms with E-state index in [1.54, 1.807) is 47.6 Å². The summed E-state index contributed by atoms with van der Waals surface area (Å²) in [7, 11) is 1.78. The molecule has 2 rings (SSSR count). The van der Waals surface area contributed by atoms with E-state index >= 15 is 0 Å². The lowest BCUT2D eigenvalue weighted by Crippen LogP contribution is -2.23. The van der Waals surface area contributed by atoms with Crippen LogP contribution in [0.5, 0.6) is 5.75 Å². The molecule has 0 bridgehead atoms. The van der Waals surface area contributed by atoms with Gasteiger partial charge in [0.05, 0.1) is 6.54 Å². The van der Waals surface area contributed by atoms with Crippen LogP contribution in [0.25, 0.3) is 6.08 Å². The predicted molar refractivity (Wildman–Crippen MR) is 95.7 cm³/mol. The lowest BCUT2D eigenvalue weighted by atomic mass is 10.2. The number of aryl methyl sites for hydroxylation is 1.